The van der Waals surface area contributed by atoms with Crippen LogP contribution in [0.25, 0.3) is 0 Å². The fourth-order valence-corrected chi connectivity index (χ4v) is 4.33. The molecule has 1 aromatic carbocycles. The molecule has 8 nitrogen and oxygen atoms in total. The van der Waals surface area contributed by atoms with Crippen LogP contribution in [0.1, 0.15) is 43.7 Å². The largest absolute Gasteiger partial charge is 0.357 e. The third-order valence-corrected chi connectivity index (χ3v) is 6.32. The van der Waals surface area contributed by atoms with Crippen LogP contribution in [0.3, 0.4) is 0 Å². The van der Waals surface area contributed by atoms with Gasteiger partial charge in [-0.05, 0) is 37.3 Å². The molecular formula is C24H37IN6O2. The van der Waals surface area contributed by atoms with Crippen LogP contribution in [-0.2, 0) is 22.7 Å². The van der Waals surface area contributed by atoms with E-state index in [4.69, 9.17) is 4.99 Å². The molecule has 2 aliphatic heterocycles. The predicted octanol–water partition coefficient (Wildman–Crippen LogP) is 1.79. The minimum Gasteiger partial charge on any atom is -0.357 e. The molecule has 1 aromatic rings. The van der Waals surface area contributed by atoms with Gasteiger partial charge in [-0.25, -0.2) is 0 Å². The number of carbonyl (C=O) groups excluding carboxylic acids is 2. The van der Waals surface area contributed by atoms with Gasteiger partial charge in [-0.15, -0.1) is 24.0 Å². The average Bonchev–Trinajstić information content (AvgIpc) is 3.49. The quantitative estimate of drug-likeness (QED) is 0.217. The molecule has 33 heavy (non-hydrogen) atoms. The molecule has 3 aliphatic rings. The number of benzene rings is 1. The van der Waals surface area contributed by atoms with E-state index in [1.807, 2.05) is 17.0 Å². The van der Waals surface area contributed by atoms with Gasteiger partial charge in [-0.3, -0.25) is 19.5 Å². The smallest absolute Gasteiger partial charge is 0.234 e. The van der Waals surface area contributed by atoms with Gasteiger partial charge < -0.3 is 20.4 Å². The minimum atomic E-state index is 0. The second kappa shape index (κ2) is 12.5. The zero-order valence-corrected chi connectivity index (χ0v) is 21.9. The van der Waals surface area contributed by atoms with Crippen molar-refractivity contribution in [1.82, 2.24) is 25.3 Å². The van der Waals surface area contributed by atoms with Crippen LogP contribution >= 0.6 is 24.0 Å². The maximum absolute atomic E-state index is 12.6. The lowest BCUT2D eigenvalue weighted by molar-refractivity contribution is -0.131. The zero-order chi connectivity index (χ0) is 22.3. The van der Waals surface area contributed by atoms with Gasteiger partial charge in [-0.2, -0.15) is 0 Å². The first-order chi connectivity index (χ1) is 15.6. The molecule has 2 amide bonds. The Balaban J connectivity index is 0.00000306. The van der Waals surface area contributed by atoms with E-state index in [9.17, 15) is 9.59 Å². The molecule has 0 radical (unpaired) electrons. The Kier molecular flexibility index (Phi) is 9.78. The van der Waals surface area contributed by atoms with Crippen LogP contribution in [0, 0.1) is 0 Å². The van der Waals surface area contributed by atoms with Gasteiger partial charge in [0.2, 0.25) is 11.8 Å². The van der Waals surface area contributed by atoms with E-state index in [2.05, 4.69) is 39.5 Å². The molecule has 0 unspecified atom stereocenters. The fourth-order valence-electron chi connectivity index (χ4n) is 4.33. The number of hydrogen-bond donors (Lipinski definition) is 2. The number of guanidine groups is 1. The maximum Gasteiger partial charge on any atom is 0.234 e. The SMILES string of the molecule is CCNC(=NCCCC(=O)N1Cc2ccccc2C1)N1CCN(CC(=O)NC2CC2)CC1.I. The molecule has 0 aromatic heterocycles. The van der Waals surface area contributed by atoms with Crippen molar-refractivity contribution in [1.29, 1.82) is 0 Å². The Morgan fingerprint density at radius 1 is 1.03 bits per heavy atom. The Hall–Kier alpha value is -1.88. The van der Waals surface area contributed by atoms with Crippen LogP contribution in [0.4, 0.5) is 0 Å². The number of amides is 2. The Labute approximate surface area is 214 Å². The van der Waals surface area contributed by atoms with E-state index in [0.29, 0.717) is 25.6 Å². The first-order valence-electron chi connectivity index (χ1n) is 12.0. The summed E-state index contributed by atoms with van der Waals surface area (Å²) in [5, 5.41) is 6.44. The van der Waals surface area contributed by atoms with Gasteiger partial charge >= 0.3 is 0 Å². The highest BCUT2D eigenvalue weighted by Crippen LogP contribution is 2.23. The van der Waals surface area contributed by atoms with Crippen molar-refractivity contribution in [2.45, 2.75) is 51.7 Å². The number of carbonyl (C=O) groups is 2. The summed E-state index contributed by atoms with van der Waals surface area (Å²) in [4.78, 5) is 35.8. The van der Waals surface area contributed by atoms with Gasteiger partial charge in [0.25, 0.3) is 0 Å². The molecule has 182 valence electrons. The van der Waals surface area contributed by atoms with E-state index in [1.165, 1.54) is 11.1 Å². The molecule has 1 aliphatic carbocycles. The van der Waals surface area contributed by atoms with Crippen molar-refractivity contribution < 1.29 is 9.59 Å². The molecule has 0 bridgehead atoms. The number of nitrogens with zero attached hydrogens (tertiary/aromatic N) is 4. The lowest BCUT2D eigenvalue weighted by atomic mass is 10.1. The standard InChI is InChI=1S/C24H36N6O2.HI/c1-2-25-24(29-14-12-28(13-15-29)18-22(31)27-21-9-10-21)26-11-5-8-23(32)30-16-19-6-3-4-7-20(19)17-30;/h3-4,6-7,21H,2,5,8-18H2,1H3,(H,25,26)(H,27,31);1H. The van der Waals surface area contributed by atoms with Crippen molar-refractivity contribution in [3.8, 4) is 0 Å². The molecular weight excluding hydrogens is 531 g/mol. The third kappa shape index (κ3) is 7.56. The summed E-state index contributed by atoms with van der Waals surface area (Å²) in [7, 11) is 0. The molecule has 9 heteroatoms. The van der Waals surface area contributed by atoms with Gasteiger partial charge in [0, 0.05) is 64.8 Å². The summed E-state index contributed by atoms with van der Waals surface area (Å²) in [6.07, 6.45) is 3.53. The summed E-state index contributed by atoms with van der Waals surface area (Å²) < 4.78 is 0. The first-order valence-corrected chi connectivity index (χ1v) is 12.0. The predicted molar refractivity (Wildman–Crippen MR) is 141 cm³/mol. The summed E-state index contributed by atoms with van der Waals surface area (Å²) in [5.74, 6) is 1.27. The number of hydrogen-bond acceptors (Lipinski definition) is 4. The highest BCUT2D eigenvalue weighted by molar-refractivity contribution is 14.0. The number of aliphatic imine (C=N–C) groups is 1. The second-order valence-corrected chi connectivity index (χ2v) is 8.96. The number of piperazine rings is 1. The zero-order valence-electron chi connectivity index (χ0n) is 19.6. The molecule has 1 saturated heterocycles. The number of fused-ring (bicyclic) bond motifs is 1. The molecule has 0 atom stereocenters. The third-order valence-electron chi connectivity index (χ3n) is 6.32. The van der Waals surface area contributed by atoms with Gasteiger partial charge in [0.1, 0.15) is 0 Å². The first kappa shape index (κ1) is 25.7. The minimum absolute atomic E-state index is 0. The topological polar surface area (TPSA) is 80.3 Å². The van der Waals surface area contributed by atoms with E-state index >= 15 is 0 Å². The molecule has 2 fully saturated rings. The van der Waals surface area contributed by atoms with Crippen LogP contribution in [0.15, 0.2) is 29.3 Å². The van der Waals surface area contributed by atoms with Crippen LogP contribution < -0.4 is 10.6 Å². The van der Waals surface area contributed by atoms with Crippen LogP contribution in [0.5, 0.6) is 0 Å². The van der Waals surface area contributed by atoms with Crippen LogP contribution in [-0.4, -0.2) is 84.3 Å². The van der Waals surface area contributed by atoms with Gasteiger partial charge in [0.05, 0.1) is 6.54 Å². The van der Waals surface area contributed by atoms with Crippen molar-refractivity contribution in [3.63, 3.8) is 0 Å². The Morgan fingerprint density at radius 3 is 2.30 bits per heavy atom. The highest BCUT2D eigenvalue weighted by Gasteiger charge is 2.26. The number of nitrogens with one attached hydrogen (secondary N) is 2. The lowest BCUT2D eigenvalue weighted by Gasteiger charge is -2.36. The second-order valence-electron chi connectivity index (χ2n) is 8.96. The normalized spacial score (nSPS) is 18.5. The number of rotatable bonds is 8. The van der Waals surface area contributed by atoms with Crippen molar-refractivity contribution in [3.05, 3.63) is 35.4 Å². The van der Waals surface area contributed by atoms with Gasteiger partial charge in [0.15, 0.2) is 5.96 Å². The van der Waals surface area contributed by atoms with E-state index < -0.39 is 0 Å². The highest BCUT2D eigenvalue weighted by atomic mass is 127. The van der Waals surface area contributed by atoms with E-state index in [-0.39, 0.29) is 35.8 Å². The Bertz CT molecular complexity index is 811. The maximum atomic E-state index is 12.6. The summed E-state index contributed by atoms with van der Waals surface area (Å²) in [6, 6.07) is 8.70. The molecule has 2 heterocycles. The van der Waals surface area contributed by atoms with Crippen molar-refractivity contribution in [2.24, 2.45) is 4.99 Å². The van der Waals surface area contributed by atoms with Gasteiger partial charge in [-0.1, -0.05) is 24.3 Å². The monoisotopic (exact) mass is 568 g/mol. The molecule has 4 rings (SSSR count). The van der Waals surface area contributed by atoms with E-state index in [1.54, 1.807) is 0 Å². The molecule has 0 spiro atoms. The fraction of sp³-hybridized carbons (Fsp3) is 0.625. The lowest BCUT2D eigenvalue weighted by Crippen LogP contribution is -2.54. The average molecular weight is 569 g/mol. The summed E-state index contributed by atoms with van der Waals surface area (Å²) >= 11 is 0. The molecule has 2 N–H and O–H groups in total. The Morgan fingerprint density at radius 2 is 1.70 bits per heavy atom. The molecule has 1 saturated carbocycles. The van der Waals surface area contributed by atoms with Crippen molar-refractivity contribution in [2.75, 3.05) is 45.8 Å². The van der Waals surface area contributed by atoms with Crippen LogP contribution in [0.2, 0.25) is 0 Å². The van der Waals surface area contributed by atoms with E-state index in [0.717, 1.165) is 71.0 Å². The number of halogens is 1. The van der Waals surface area contributed by atoms with Crippen molar-refractivity contribution >= 4 is 41.8 Å². The summed E-state index contributed by atoms with van der Waals surface area (Å²) in [6.45, 7) is 8.89. The summed E-state index contributed by atoms with van der Waals surface area (Å²) in [5.41, 5.74) is 2.52.